The topological polar surface area (TPSA) is 97.4 Å². The Hall–Kier alpha value is -3.20. The van der Waals surface area contributed by atoms with E-state index in [2.05, 4.69) is 5.32 Å². The predicted octanol–water partition coefficient (Wildman–Crippen LogP) is 3.22. The lowest BCUT2D eigenvalue weighted by Crippen LogP contribution is -2.39. The lowest BCUT2D eigenvalue weighted by Gasteiger charge is -2.18. The number of nitriles is 1. The van der Waals surface area contributed by atoms with Crippen molar-refractivity contribution in [2.45, 2.75) is 26.0 Å². The number of hydrogen-bond donors (Lipinski definition) is 2. The van der Waals surface area contributed by atoms with Gasteiger partial charge in [0.15, 0.2) is 0 Å². The summed E-state index contributed by atoms with van der Waals surface area (Å²) >= 11 is 0. The van der Waals surface area contributed by atoms with Crippen molar-refractivity contribution in [3.63, 3.8) is 0 Å². The van der Waals surface area contributed by atoms with E-state index in [-0.39, 0.29) is 19.3 Å². The summed E-state index contributed by atoms with van der Waals surface area (Å²) in [5.74, 6) is 0.403. The second-order valence-electron chi connectivity index (χ2n) is 5.45. The highest BCUT2D eigenvalue weighted by molar-refractivity contribution is 5.67. The van der Waals surface area contributed by atoms with Crippen molar-refractivity contribution < 1.29 is 14.3 Å². The molecule has 1 atom stereocenters. The number of anilines is 1. The number of ether oxygens (including phenoxy) is 2. The molecule has 2 aromatic carbocycles. The molecule has 0 fully saturated rings. The van der Waals surface area contributed by atoms with Crippen molar-refractivity contribution in [2.24, 2.45) is 0 Å². The van der Waals surface area contributed by atoms with Crippen LogP contribution in [0.3, 0.4) is 0 Å². The number of hydrogen-bond acceptors (Lipinski definition) is 5. The molecule has 130 valence electrons. The van der Waals surface area contributed by atoms with Gasteiger partial charge >= 0.3 is 6.09 Å². The fraction of sp³-hybridized carbons (Fsp3) is 0.263. The molecular formula is C19H21N3O3. The first-order valence-corrected chi connectivity index (χ1v) is 8.02. The molecule has 2 rings (SSSR count). The van der Waals surface area contributed by atoms with Gasteiger partial charge in [0.25, 0.3) is 0 Å². The summed E-state index contributed by atoms with van der Waals surface area (Å²) in [5, 5.41) is 11.9. The van der Waals surface area contributed by atoms with Gasteiger partial charge < -0.3 is 20.5 Å². The Labute approximate surface area is 147 Å². The van der Waals surface area contributed by atoms with Crippen molar-refractivity contribution in [1.29, 1.82) is 5.26 Å². The van der Waals surface area contributed by atoms with Crippen molar-refractivity contribution >= 4 is 11.8 Å². The summed E-state index contributed by atoms with van der Waals surface area (Å²) in [4.78, 5) is 11.9. The molecule has 0 saturated heterocycles. The summed E-state index contributed by atoms with van der Waals surface area (Å²) in [7, 11) is 0. The quantitative estimate of drug-likeness (QED) is 0.755. The molecule has 0 aromatic heterocycles. The van der Waals surface area contributed by atoms with E-state index in [1.807, 2.05) is 43.3 Å². The smallest absolute Gasteiger partial charge is 0.407 e. The first-order valence-electron chi connectivity index (χ1n) is 8.02. The molecule has 2 aromatic rings. The molecule has 0 saturated carbocycles. The largest absolute Gasteiger partial charge is 0.490 e. The molecule has 6 heteroatoms. The van der Waals surface area contributed by atoms with E-state index in [1.165, 1.54) is 0 Å². The predicted molar refractivity (Wildman–Crippen MR) is 94.9 cm³/mol. The van der Waals surface area contributed by atoms with Gasteiger partial charge in [-0.15, -0.1) is 0 Å². The van der Waals surface area contributed by atoms with E-state index >= 15 is 0 Å². The van der Waals surface area contributed by atoms with Crippen LogP contribution in [-0.2, 0) is 11.3 Å². The summed E-state index contributed by atoms with van der Waals surface area (Å²) in [6, 6.07) is 16.3. The second kappa shape index (κ2) is 9.18. The Kier molecular flexibility index (Phi) is 6.66. The van der Waals surface area contributed by atoms with Crippen LogP contribution in [-0.4, -0.2) is 18.7 Å². The van der Waals surface area contributed by atoms with Crippen LogP contribution in [0.15, 0.2) is 48.5 Å². The molecule has 0 bridgehead atoms. The molecule has 0 spiro atoms. The number of alkyl carbamates (subject to hydrolysis) is 1. The summed E-state index contributed by atoms with van der Waals surface area (Å²) in [6.07, 6.45) is 0.150. The number of nitrogens with two attached hydrogens (primary N) is 1. The van der Waals surface area contributed by atoms with E-state index in [4.69, 9.17) is 20.5 Å². The van der Waals surface area contributed by atoms with Gasteiger partial charge in [-0.05, 0) is 24.1 Å². The van der Waals surface area contributed by atoms with Crippen LogP contribution in [0.2, 0.25) is 0 Å². The Morgan fingerprint density at radius 3 is 2.68 bits per heavy atom. The fourth-order valence-electron chi connectivity index (χ4n) is 2.17. The molecule has 0 aliphatic carbocycles. The maximum absolute atomic E-state index is 11.9. The molecule has 6 nitrogen and oxygen atoms in total. The van der Waals surface area contributed by atoms with E-state index < -0.39 is 6.09 Å². The zero-order valence-corrected chi connectivity index (χ0v) is 14.1. The van der Waals surface area contributed by atoms with Crippen LogP contribution in [0.25, 0.3) is 0 Å². The molecule has 3 N–H and O–H groups in total. The average molecular weight is 339 g/mol. The minimum absolute atomic E-state index is 0.206. The maximum Gasteiger partial charge on any atom is 0.407 e. The number of nitrogens with one attached hydrogen (secondary N) is 1. The van der Waals surface area contributed by atoms with Gasteiger partial charge in [-0.1, -0.05) is 43.3 Å². The monoisotopic (exact) mass is 339 g/mol. The van der Waals surface area contributed by atoms with E-state index in [0.717, 1.165) is 5.56 Å². The molecule has 1 unspecified atom stereocenters. The summed E-state index contributed by atoms with van der Waals surface area (Å²) < 4.78 is 10.9. The van der Waals surface area contributed by atoms with Crippen LogP contribution in [0.1, 0.15) is 24.5 Å². The number of nitrogen functional groups attached to an aromatic ring is 1. The van der Waals surface area contributed by atoms with Crippen LogP contribution in [0, 0.1) is 11.3 Å². The normalized spacial score (nSPS) is 11.2. The third-order valence-corrected chi connectivity index (χ3v) is 3.64. The second-order valence-corrected chi connectivity index (χ2v) is 5.45. The van der Waals surface area contributed by atoms with Crippen molar-refractivity contribution in [2.75, 3.05) is 12.3 Å². The van der Waals surface area contributed by atoms with E-state index in [1.54, 1.807) is 18.2 Å². The molecular weight excluding hydrogens is 318 g/mol. The van der Waals surface area contributed by atoms with Crippen molar-refractivity contribution in [3.05, 3.63) is 59.7 Å². The number of amides is 1. The van der Waals surface area contributed by atoms with Crippen LogP contribution < -0.4 is 15.8 Å². The molecule has 0 aliphatic rings. The highest BCUT2D eigenvalue weighted by Gasteiger charge is 2.14. The van der Waals surface area contributed by atoms with Crippen LogP contribution >= 0.6 is 0 Å². The Bertz CT molecular complexity index is 741. The van der Waals surface area contributed by atoms with Gasteiger partial charge in [0.05, 0.1) is 11.7 Å². The third-order valence-electron chi connectivity index (χ3n) is 3.64. The average Bonchev–Trinajstić information content (AvgIpc) is 2.64. The van der Waals surface area contributed by atoms with Gasteiger partial charge in [0.1, 0.15) is 30.6 Å². The van der Waals surface area contributed by atoms with Gasteiger partial charge in [-0.2, -0.15) is 5.26 Å². The first kappa shape index (κ1) is 18.1. The van der Waals surface area contributed by atoms with Crippen molar-refractivity contribution in [3.8, 4) is 11.8 Å². The molecule has 1 amide bonds. The number of benzene rings is 2. The number of carbonyl (C=O) groups excluding carboxylic acids is 1. The highest BCUT2D eigenvalue weighted by atomic mass is 16.5. The van der Waals surface area contributed by atoms with Gasteiger partial charge in [-0.3, -0.25) is 0 Å². The van der Waals surface area contributed by atoms with Crippen LogP contribution in [0.5, 0.6) is 5.75 Å². The Balaban J connectivity index is 1.85. The third kappa shape index (κ3) is 5.43. The van der Waals surface area contributed by atoms with Crippen molar-refractivity contribution in [1.82, 2.24) is 5.32 Å². The summed E-state index contributed by atoms with van der Waals surface area (Å²) in [6.45, 7) is 2.35. The van der Waals surface area contributed by atoms with Gasteiger partial charge in [0, 0.05) is 0 Å². The van der Waals surface area contributed by atoms with Gasteiger partial charge in [0.2, 0.25) is 0 Å². The minimum atomic E-state index is -0.507. The molecule has 0 heterocycles. The molecule has 0 aliphatic heterocycles. The number of nitrogens with zero attached hydrogens (tertiary/aromatic N) is 1. The Morgan fingerprint density at radius 1 is 1.24 bits per heavy atom. The van der Waals surface area contributed by atoms with Crippen LogP contribution in [0.4, 0.5) is 10.5 Å². The SMILES string of the molecule is CCC(COc1cccc(N)c1C#N)NC(=O)OCc1ccccc1. The zero-order valence-electron chi connectivity index (χ0n) is 14.1. The first-order chi connectivity index (χ1) is 12.1. The maximum atomic E-state index is 11.9. The fourth-order valence-corrected chi connectivity index (χ4v) is 2.17. The van der Waals surface area contributed by atoms with Gasteiger partial charge in [-0.25, -0.2) is 4.79 Å². The lowest BCUT2D eigenvalue weighted by molar-refractivity contribution is 0.130. The lowest BCUT2D eigenvalue weighted by atomic mass is 10.2. The summed E-state index contributed by atoms with van der Waals surface area (Å²) in [5.41, 5.74) is 7.33. The van der Waals surface area contributed by atoms with E-state index in [9.17, 15) is 4.79 Å². The minimum Gasteiger partial charge on any atom is -0.490 e. The zero-order chi connectivity index (χ0) is 18.1. The standard InChI is InChI=1S/C19H21N3O3/c1-2-15(13-24-18-10-6-9-17(21)16(18)11-20)22-19(23)25-12-14-7-4-3-5-8-14/h3-10,15H,2,12-13,21H2,1H3,(H,22,23). The number of carbonyl (C=O) groups is 1. The number of rotatable bonds is 7. The van der Waals surface area contributed by atoms with E-state index in [0.29, 0.717) is 23.4 Å². The highest BCUT2D eigenvalue weighted by Crippen LogP contribution is 2.23. The Morgan fingerprint density at radius 2 is 2.00 bits per heavy atom. The molecule has 0 radical (unpaired) electrons. The molecule has 25 heavy (non-hydrogen) atoms.